The second-order valence-electron chi connectivity index (χ2n) is 4.11. The number of carboxylic acids is 1. The van der Waals surface area contributed by atoms with Crippen LogP contribution in [-0.2, 0) is 4.79 Å². The number of nitrogens with one attached hydrogen (secondary N) is 1. The first kappa shape index (κ1) is 15.7. The summed E-state index contributed by atoms with van der Waals surface area (Å²) >= 11 is 0. The van der Waals surface area contributed by atoms with Gasteiger partial charge in [0.05, 0.1) is 30.2 Å². The summed E-state index contributed by atoms with van der Waals surface area (Å²) in [6.45, 7) is 1.75. The Labute approximate surface area is 114 Å². The fourth-order valence-electron chi connectivity index (χ4n) is 1.69. The minimum atomic E-state index is -1.02. The lowest BCUT2D eigenvalue weighted by atomic mass is 10.1. The molecule has 1 aromatic carbocycles. The van der Waals surface area contributed by atoms with Crippen LogP contribution >= 0.6 is 0 Å². The first-order chi connectivity index (χ1) is 9.38. The third-order valence-corrected chi connectivity index (χ3v) is 2.74. The molecule has 1 aromatic rings. The van der Waals surface area contributed by atoms with Gasteiger partial charge in [-0.1, -0.05) is 6.92 Å². The van der Waals surface area contributed by atoms with E-state index in [1.54, 1.807) is 6.92 Å². The first-order valence-electron chi connectivity index (χ1n) is 5.89. The van der Waals surface area contributed by atoms with E-state index in [2.05, 4.69) is 5.32 Å². The zero-order valence-electron chi connectivity index (χ0n) is 11.1. The molecule has 0 heterocycles. The standard InChI is InChI=1S/C12H15FN2O5/c1-3-7(4-12(16)17)14-9-6-11(20-2)10(15(18)19)5-8(9)13/h5-7,14H,3-4H2,1-2H3,(H,16,17). The number of nitro benzene ring substituents is 1. The summed E-state index contributed by atoms with van der Waals surface area (Å²) in [6.07, 6.45) is 0.278. The number of nitrogens with zero attached hydrogens (tertiary/aromatic N) is 1. The van der Waals surface area contributed by atoms with Crippen LogP contribution < -0.4 is 10.1 Å². The van der Waals surface area contributed by atoms with Crippen molar-refractivity contribution < 1.29 is 24.0 Å². The van der Waals surface area contributed by atoms with Gasteiger partial charge in [-0.05, 0) is 6.42 Å². The van der Waals surface area contributed by atoms with Crippen LogP contribution in [0, 0.1) is 15.9 Å². The van der Waals surface area contributed by atoms with Crippen molar-refractivity contribution >= 4 is 17.3 Å². The number of rotatable bonds is 7. The van der Waals surface area contributed by atoms with Crippen molar-refractivity contribution in [2.24, 2.45) is 0 Å². The van der Waals surface area contributed by atoms with E-state index in [0.717, 1.165) is 12.1 Å². The van der Waals surface area contributed by atoms with E-state index in [1.807, 2.05) is 0 Å². The Hall–Kier alpha value is -2.38. The number of carbonyl (C=O) groups is 1. The molecule has 0 aliphatic rings. The highest BCUT2D eigenvalue weighted by atomic mass is 19.1. The van der Waals surface area contributed by atoms with Crippen LogP contribution in [0.3, 0.4) is 0 Å². The smallest absolute Gasteiger partial charge is 0.313 e. The molecule has 0 saturated carbocycles. The fourth-order valence-corrected chi connectivity index (χ4v) is 1.69. The van der Waals surface area contributed by atoms with Crippen LogP contribution in [0.15, 0.2) is 12.1 Å². The van der Waals surface area contributed by atoms with E-state index < -0.39 is 28.4 Å². The Balaban J connectivity index is 3.06. The number of methoxy groups -OCH3 is 1. The second-order valence-corrected chi connectivity index (χ2v) is 4.11. The van der Waals surface area contributed by atoms with Crippen LogP contribution in [0.5, 0.6) is 5.75 Å². The van der Waals surface area contributed by atoms with Gasteiger partial charge in [0.15, 0.2) is 11.6 Å². The maximum atomic E-state index is 13.8. The van der Waals surface area contributed by atoms with Crippen LogP contribution in [-0.4, -0.2) is 29.2 Å². The zero-order chi connectivity index (χ0) is 15.3. The monoisotopic (exact) mass is 286 g/mol. The van der Waals surface area contributed by atoms with Crippen LogP contribution in [0.2, 0.25) is 0 Å². The molecule has 1 unspecified atom stereocenters. The van der Waals surface area contributed by atoms with E-state index in [0.29, 0.717) is 6.42 Å². The van der Waals surface area contributed by atoms with Gasteiger partial charge < -0.3 is 15.2 Å². The summed E-state index contributed by atoms with van der Waals surface area (Å²) in [7, 11) is 1.23. The number of hydrogen-bond acceptors (Lipinski definition) is 5. The number of halogens is 1. The molecular weight excluding hydrogens is 271 g/mol. The molecule has 0 radical (unpaired) electrons. The molecular formula is C12H15FN2O5. The summed E-state index contributed by atoms with van der Waals surface area (Å²) in [5.41, 5.74) is -0.512. The van der Waals surface area contributed by atoms with Crippen LogP contribution in [0.1, 0.15) is 19.8 Å². The summed E-state index contributed by atoms with van der Waals surface area (Å²) in [4.78, 5) is 20.6. The predicted octanol–water partition coefficient (Wildman–Crippen LogP) is 2.41. The average Bonchev–Trinajstić information content (AvgIpc) is 2.38. The van der Waals surface area contributed by atoms with Gasteiger partial charge in [-0.2, -0.15) is 0 Å². The molecule has 1 atom stereocenters. The van der Waals surface area contributed by atoms with E-state index in [9.17, 15) is 19.3 Å². The molecule has 0 amide bonds. The number of carboxylic acid groups (broad SMARTS) is 1. The Morgan fingerprint density at radius 3 is 2.70 bits per heavy atom. The van der Waals surface area contributed by atoms with E-state index in [4.69, 9.17) is 9.84 Å². The molecule has 110 valence electrons. The molecule has 0 bridgehead atoms. The molecule has 7 nitrogen and oxygen atoms in total. The number of anilines is 1. The molecule has 2 N–H and O–H groups in total. The van der Waals surface area contributed by atoms with Crippen molar-refractivity contribution in [1.82, 2.24) is 0 Å². The highest BCUT2D eigenvalue weighted by molar-refractivity contribution is 5.68. The average molecular weight is 286 g/mol. The summed E-state index contributed by atoms with van der Waals surface area (Å²) < 4.78 is 18.6. The van der Waals surface area contributed by atoms with Gasteiger partial charge in [-0.15, -0.1) is 0 Å². The van der Waals surface area contributed by atoms with Crippen LogP contribution in [0.4, 0.5) is 15.8 Å². The van der Waals surface area contributed by atoms with E-state index in [-0.39, 0.29) is 17.9 Å². The molecule has 1 rings (SSSR count). The molecule has 0 aliphatic carbocycles. The van der Waals surface area contributed by atoms with Crippen LogP contribution in [0.25, 0.3) is 0 Å². The lowest BCUT2D eigenvalue weighted by Crippen LogP contribution is -2.22. The third-order valence-electron chi connectivity index (χ3n) is 2.74. The van der Waals surface area contributed by atoms with Crippen molar-refractivity contribution in [2.45, 2.75) is 25.8 Å². The maximum Gasteiger partial charge on any atom is 0.313 e. The molecule has 8 heteroatoms. The van der Waals surface area contributed by atoms with Gasteiger partial charge in [0, 0.05) is 12.1 Å². The minimum absolute atomic E-state index is 0.0273. The van der Waals surface area contributed by atoms with Crippen molar-refractivity contribution in [3.05, 3.63) is 28.1 Å². The quantitative estimate of drug-likeness (QED) is 0.589. The van der Waals surface area contributed by atoms with Gasteiger partial charge in [-0.3, -0.25) is 14.9 Å². The fraction of sp³-hybridized carbons (Fsp3) is 0.417. The molecule has 20 heavy (non-hydrogen) atoms. The second kappa shape index (κ2) is 6.69. The van der Waals surface area contributed by atoms with Crippen molar-refractivity contribution in [3.8, 4) is 5.75 Å². The Morgan fingerprint density at radius 1 is 1.60 bits per heavy atom. The lowest BCUT2D eigenvalue weighted by molar-refractivity contribution is -0.385. The number of nitro groups is 1. The first-order valence-corrected chi connectivity index (χ1v) is 5.89. The third kappa shape index (κ3) is 3.81. The zero-order valence-corrected chi connectivity index (χ0v) is 11.1. The van der Waals surface area contributed by atoms with Gasteiger partial charge in [0.1, 0.15) is 0 Å². The maximum absolute atomic E-state index is 13.8. The summed E-state index contributed by atoms with van der Waals surface area (Å²) in [5, 5.41) is 22.2. The highest BCUT2D eigenvalue weighted by Gasteiger charge is 2.21. The molecule has 0 saturated heterocycles. The lowest BCUT2D eigenvalue weighted by Gasteiger charge is -2.17. The summed E-state index contributed by atoms with van der Waals surface area (Å²) in [6, 6.07) is 1.42. The summed E-state index contributed by atoms with van der Waals surface area (Å²) in [5.74, 6) is -1.94. The van der Waals surface area contributed by atoms with E-state index >= 15 is 0 Å². The highest BCUT2D eigenvalue weighted by Crippen LogP contribution is 2.32. The van der Waals surface area contributed by atoms with Gasteiger partial charge in [0.25, 0.3) is 0 Å². The minimum Gasteiger partial charge on any atom is -0.490 e. The number of ether oxygens (including phenoxy) is 1. The van der Waals surface area contributed by atoms with Crippen molar-refractivity contribution in [2.75, 3.05) is 12.4 Å². The topological polar surface area (TPSA) is 102 Å². The normalized spacial score (nSPS) is 11.8. The SMILES string of the molecule is CCC(CC(=O)O)Nc1cc(OC)c([N+](=O)[O-])cc1F. The Kier molecular flexibility index (Phi) is 5.24. The van der Waals surface area contributed by atoms with Gasteiger partial charge >= 0.3 is 11.7 Å². The van der Waals surface area contributed by atoms with Crippen molar-refractivity contribution in [3.63, 3.8) is 0 Å². The predicted molar refractivity (Wildman–Crippen MR) is 69.6 cm³/mol. The molecule has 0 spiro atoms. The van der Waals surface area contributed by atoms with Crippen molar-refractivity contribution in [1.29, 1.82) is 0 Å². The largest absolute Gasteiger partial charge is 0.490 e. The molecule has 0 aliphatic heterocycles. The number of hydrogen-bond donors (Lipinski definition) is 2. The van der Waals surface area contributed by atoms with E-state index in [1.165, 1.54) is 7.11 Å². The Bertz CT molecular complexity index is 521. The number of benzene rings is 1. The molecule has 0 fully saturated rings. The Morgan fingerprint density at radius 2 is 2.25 bits per heavy atom. The number of aliphatic carboxylic acids is 1. The molecule has 0 aromatic heterocycles. The van der Waals surface area contributed by atoms with Gasteiger partial charge in [-0.25, -0.2) is 4.39 Å². The van der Waals surface area contributed by atoms with Gasteiger partial charge in [0.2, 0.25) is 0 Å².